The van der Waals surface area contributed by atoms with Gasteiger partial charge in [-0.25, -0.2) is 0 Å². The summed E-state index contributed by atoms with van der Waals surface area (Å²) in [7, 11) is 3.70. The van der Waals surface area contributed by atoms with Crippen molar-refractivity contribution in [1.82, 2.24) is 4.90 Å². The van der Waals surface area contributed by atoms with Crippen molar-refractivity contribution in [1.29, 1.82) is 0 Å². The van der Waals surface area contributed by atoms with E-state index in [1.54, 1.807) is 26.8 Å². The van der Waals surface area contributed by atoms with E-state index in [0.29, 0.717) is 6.42 Å². The molecule has 0 aromatic carbocycles. The Morgan fingerprint density at radius 2 is 1.97 bits per heavy atom. The fraction of sp³-hybridized carbons (Fsp3) is 0.792. The number of rotatable bonds is 15. The van der Waals surface area contributed by atoms with Crippen molar-refractivity contribution in [3.63, 3.8) is 0 Å². The van der Waals surface area contributed by atoms with E-state index in [1.807, 2.05) is 25.9 Å². The molecule has 33 heavy (non-hydrogen) atoms. The first-order valence-electron chi connectivity index (χ1n) is 11.4. The van der Waals surface area contributed by atoms with Gasteiger partial charge in [-0.3, -0.25) is 14.2 Å². The topological polar surface area (TPSA) is 99.2 Å². The van der Waals surface area contributed by atoms with Gasteiger partial charge in [0.1, 0.15) is 23.5 Å². The smallest absolute Gasteiger partial charge is 0.173 e. The minimum absolute atomic E-state index is 0.0592. The van der Waals surface area contributed by atoms with Crippen LogP contribution in [0.15, 0.2) is 12.7 Å². The third-order valence-corrected chi connectivity index (χ3v) is 6.99. The molecule has 8 atom stereocenters. The Balaban J connectivity index is 3.43. The molecule has 188 valence electrons. The second-order valence-electron chi connectivity index (χ2n) is 9.60. The highest BCUT2D eigenvalue weighted by Crippen LogP contribution is 2.38. The number of ether oxygens (including phenoxy) is 3. The molecule has 0 aliphatic carbocycles. The number of hydrogen-bond donors (Lipinski definition) is 0. The minimum Gasteiger partial charge on any atom is -0.368 e. The van der Waals surface area contributed by atoms with Gasteiger partial charge in [-0.1, -0.05) is 19.9 Å². The molecule has 0 aromatic heterocycles. The lowest BCUT2D eigenvalue weighted by Gasteiger charge is -2.46. The van der Waals surface area contributed by atoms with E-state index >= 15 is 0 Å². The fourth-order valence-corrected chi connectivity index (χ4v) is 5.25. The maximum atomic E-state index is 12.9. The third kappa shape index (κ3) is 8.45. The molecule has 1 rings (SSSR count). The Morgan fingerprint density at radius 1 is 1.33 bits per heavy atom. The summed E-state index contributed by atoms with van der Waals surface area (Å²) in [5.41, 5.74) is -1.55. The molecule has 1 aliphatic rings. The normalized spacial score (nSPS) is 28.0. The summed E-state index contributed by atoms with van der Waals surface area (Å²) >= 11 is 0. The third-order valence-electron chi connectivity index (χ3n) is 6.16. The number of ketones is 2. The van der Waals surface area contributed by atoms with E-state index in [0.717, 1.165) is 6.29 Å². The molecule has 0 saturated carbocycles. The van der Waals surface area contributed by atoms with Crippen LogP contribution >= 0.6 is 8.46 Å². The molecule has 0 aromatic rings. The summed E-state index contributed by atoms with van der Waals surface area (Å²) in [6.07, 6.45) is 1.28. The lowest BCUT2D eigenvalue weighted by molar-refractivity contribution is -0.261. The van der Waals surface area contributed by atoms with Crippen molar-refractivity contribution in [2.75, 3.05) is 20.7 Å². The first kappa shape index (κ1) is 29.7. The van der Waals surface area contributed by atoms with E-state index < -0.39 is 29.6 Å². The molecule has 1 fully saturated rings. The van der Waals surface area contributed by atoms with E-state index in [1.165, 1.54) is 6.92 Å². The van der Waals surface area contributed by atoms with Crippen LogP contribution in [-0.2, 0) is 33.2 Å². The lowest BCUT2D eigenvalue weighted by Crippen LogP contribution is -2.57. The molecule has 0 N–H and O–H groups in total. The van der Waals surface area contributed by atoms with Crippen LogP contribution in [0.1, 0.15) is 53.9 Å². The van der Waals surface area contributed by atoms with Crippen LogP contribution in [-0.4, -0.2) is 79.3 Å². The maximum Gasteiger partial charge on any atom is 0.173 e. The molecule has 0 amide bonds. The molecule has 0 bridgehead atoms. The molecule has 9 heteroatoms. The SMILES string of the molecule is C=CCO[C@](C)(C[C@@H](C)C=O)[C@H](O[C@@H]1O[C@H](C)CC(N(C)C)[C@H]1P=O)[C@@H](C)C(=O)CC(C)=O. The van der Waals surface area contributed by atoms with Gasteiger partial charge in [-0.05, 0) is 47.7 Å². The predicted molar refractivity (Wildman–Crippen MR) is 127 cm³/mol. The first-order valence-corrected chi connectivity index (χ1v) is 12.3. The average molecular weight is 486 g/mol. The van der Waals surface area contributed by atoms with Gasteiger partial charge in [0, 0.05) is 17.9 Å². The van der Waals surface area contributed by atoms with Crippen molar-refractivity contribution < 1.29 is 33.2 Å². The zero-order valence-electron chi connectivity index (χ0n) is 21.0. The molecule has 1 saturated heterocycles. The molecule has 1 aliphatic heterocycles. The summed E-state index contributed by atoms with van der Waals surface area (Å²) in [5, 5.41) is 0. The molecule has 8 nitrogen and oxygen atoms in total. The summed E-state index contributed by atoms with van der Waals surface area (Å²) in [6, 6.07) is -0.0592. The lowest BCUT2D eigenvalue weighted by atomic mass is 9.80. The Bertz CT molecular complexity index is 700. The second kappa shape index (κ2) is 13.5. The van der Waals surface area contributed by atoms with Gasteiger partial charge in [0.2, 0.25) is 0 Å². The van der Waals surface area contributed by atoms with Crippen molar-refractivity contribution in [3.8, 4) is 0 Å². The number of nitrogens with zero attached hydrogens (tertiary/aromatic N) is 1. The molecular weight excluding hydrogens is 445 g/mol. The van der Waals surface area contributed by atoms with E-state index in [2.05, 4.69) is 6.58 Å². The maximum absolute atomic E-state index is 12.9. The number of Topliss-reactive ketones (excluding diaryl/α,β-unsaturated/α-hetero) is 2. The van der Waals surface area contributed by atoms with Gasteiger partial charge in [0.25, 0.3) is 0 Å². The van der Waals surface area contributed by atoms with Gasteiger partial charge in [0.05, 0.1) is 30.8 Å². The fourth-order valence-electron chi connectivity index (χ4n) is 4.48. The predicted octanol–water partition coefficient (Wildman–Crippen LogP) is 3.47. The van der Waals surface area contributed by atoms with Gasteiger partial charge in [-0.15, -0.1) is 6.58 Å². The number of carbonyl (C=O) groups excluding carboxylic acids is 3. The van der Waals surface area contributed by atoms with Crippen LogP contribution in [0, 0.1) is 11.8 Å². The molecule has 1 unspecified atom stereocenters. The minimum atomic E-state index is -1.07. The standard InChI is InChI=1S/C24H40NO7P/c1-9-10-30-24(6,13-15(2)14-26)22(18(5)20(28)11-16(3)27)32-23-21(33-29)19(25(7)8)12-17(4)31-23/h9,14-15,17-19,21-23H,1,10-13H2,2-8H3/t15-,17-,18+,19?,21-,22-,23+,24-/m1/s1. The van der Waals surface area contributed by atoms with Crippen LogP contribution in [0.5, 0.6) is 0 Å². The van der Waals surface area contributed by atoms with Crippen LogP contribution < -0.4 is 0 Å². The molecule has 1 heterocycles. The number of aldehydes is 1. The van der Waals surface area contributed by atoms with Crippen molar-refractivity contribution in [3.05, 3.63) is 12.7 Å². The van der Waals surface area contributed by atoms with Gasteiger partial charge >= 0.3 is 0 Å². The van der Waals surface area contributed by atoms with E-state index in [-0.39, 0.29) is 57.5 Å². The Kier molecular flexibility index (Phi) is 12.2. The molecular formula is C24H40NO7P. The highest BCUT2D eigenvalue weighted by molar-refractivity contribution is 7.24. The summed E-state index contributed by atoms with van der Waals surface area (Å²) in [4.78, 5) is 38.1. The van der Waals surface area contributed by atoms with Crippen molar-refractivity contribution in [2.24, 2.45) is 11.8 Å². The van der Waals surface area contributed by atoms with E-state index in [9.17, 15) is 18.9 Å². The van der Waals surface area contributed by atoms with Crippen molar-refractivity contribution >= 4 is 26.3 Å². The quantitative estimate of drug-likeness (QED) is 0.151. The zero-order valence-corrected chi connectivity index (χ0v) is 21.9. The summed E-state index contributed by atoms with van der Waals surface area (Å²) in [5.74, 6) is -1.63. The second-order valence-corrected chi connectivity index (χ2v) is 10.4. The Labute approximate surface area is 199 Å². The monoisotopic (exact) mass is 485 g/mol. The highest BCUT2D eigenvalue weighted by Gasteiger charge is 2.48. The Hall–Kier alpha value is -1.31. The van der Waals surface area contributed by atoms with Crippen LogP contribution in [0.2, 0.25) is 0 Å². The Morgan fingerprint density at radius 3 is 2.45 bits per heavy atom. The number of hydrogen-bond acceptors (Lipinski definition) is 8. The van der Waals surface area contributed by atoms with Gasteiger partial charge in [-0.2, -0.15) is 0 Å². The summed E-state index contributed by atoms with van der Waals surface area (Å²) in [6.45, 7) is 12.4. The van der Waals surface area contributed by atoms with Crippen LogP contribution in [0.25, 0.3) is 0 Å². The van der Waals surface area contributed by atoms with Gasteiger partial charge in [0.15, 0.2) is 14.8 Å². The van der Waals surface area contributed by atoms with Gasteiger partial charge < -0.3 is 23.9 Å². The average Bonchev–Trinajstić information content (AvgIpc) is 2.74. The largest absolute Gasteiger partial charge is 0.368 e. The summed E-state index contributed by atoms with van der Waals surface area (Å²) < 4.78 is 30.8. The van der Waals surface area contributed by atoms with Crippen LogP contribution in [0.3, 0.4) is 0 Å². The zero-order chi connectivity index (χ0) is 25.3. The molecule has 0 spiro atoms. The van der Waals surface area contributed by atoms with E-state index in [4.69, 9.17) is 14.2 Å². The van der Waals surface area contributed by atoms with Crippen molar-refractivity contribution in [2.45, 2.75) is 89.7 Å². The van der Waals surface area contributed by atoms with Crippen LogP contribution in [0.4, 0.5) is 0 Å². The molecule has 0 radical (unpaired) electrons. The highest BCUT2D eigenvalue weighted by atomic mass is 31.1. The number of carbonyl (C=O) groups is 3. The first-order chi connectivity index (χ1) is 15.4.